The third kappa shape index (κ3) is 5.13. The molecule has 0 N–H and O–H groups in total. The Balaban J connectivity index is 2.24. The minimum Gasteiger partial charge on any atom is -0.465 e. The van der Waals surface area contributed by atoms with Crippen molar-refractivity contribution in [2.75, 3.05) is 26.4 Å². The van der Waals surface area contributed by atoms with Crippen LogP contribution in [0.15, 0.2) is 0 Å². The summed E-state index contributed by atoms with van der Waals surface area (Å²) in [4.78, 5) is 50.3. The van der Waals surface area contributed by atoms with Gasteiger partial charge >= 0.3 is 23.9 Å². The number of fused-ring (bicyclic) bond motifs is 1. The van der Waals surface area contributed by atoms with Crippen molar-refractivity contribution >= 4 is 23.9 Å². The van der Waals surface area contributed by atoms with Crippen molar-refractivity contribution in [2.45, 2.75) is 53.4 Å². The standard InChI is InChI=1S/C22H34O8/c1-5-27-19(23)17(20(24)28-6-2)15-11-9-14-13(15)10-12-16(14)18(21(25)29-7-3)22(26)30-8-4/h13-18H,5-12H2,1-4H3. The highest BCUT2D eigenvalue weighted by Gasteiger charge is 2.55. The minimum atomic E-state index is -0.970. The summed E-state index contributed by atoms with van der Waals surface area (Å²) in [5, 5.41) is 0. The number of rotatable bonds is 10. The van der Waals surface area contributed by atoms with Gasteiger partial charge in [0.1, 0.15) is 0 Å². The molecule has 0 heterocycles. The van der Waals surface area contributed by atoms with Gasteiger partial charge in [-0.25, -0.2) is 0 Å². The van der Waals surface area contributed by atoms with Crippen LogP contribution in [0.3, 0.4) is 0 Å². The van der Waals surface area contributed by atoms with Crippen molar-refractivity contribution in [1.29, 1.82) is 0 Å². The Bertz CT molecular complexity index is 541. The predicted octanol–water partition coefficient (Wildman–Crippen LogP) is 2.52. The zero-order valence-corrected chi connectivity index (χ0v) is 18.4. The molecule has 2 fully saturated rings. The molecule has 0 spiro atoms. The Morgan fingerprint density at radius 3 is 1.07 bits per heavy atom. The summed E-state index contributed by atoms with van der Waals surface area (Å²) in [5.74, 6) is -4.53. The second kappa shape index (κ2) is 11.3. The van der Waals surface area contributed by atoms with E-state index in [9.17, 15) is 19.2 Å². The van der Waals surface area contributed by atoms with E-state index in [1.165, 1.54) is 0 Å². The van der Waals surface area contributed by atoms with Crippen LogP contribution in [-0.4, -0.2) is 50.3 Å². The Hall–Kier alpha value is -2.12. The molecular weight excluding hydrogens is 392 g/mol. The zero-order chi connectivity index (χ0) is 22.3. The highest BCUT2D eigenvalue weighted by Crippen LogP contribution is 2.55. The second-order valence-electron chi connectivity index (χ2n) is 7.77. The van der Waals surface area contributed by atoms with Gasteiger partial charge in [-0.15, -0.1) is 0 Å². The molecule has 2 saturated carbocycles. The zero-order valence-electron chi connectivity index (χ0n) is 18.4. The molecular formula is C22H34O8. The lowest BCUT2D eigenvalue weighted by molar-refractivity contribution is -0.167. The van der Waals surface area contributed by atoms with Crippen LogP contribution in [0, 0.1) is 35.5 Å². The van der Waals surface area contributed by atoms with Crippen molar-refractivity contribution in [3.8, 4) is 0 Å². The predicted molar refractivity (Wildman–Crippen MR) is 106 cm³/mol. The lowest BCUT2D eigenvalue weighted by atomic mass is 9.78. The van der Waals surface area contributed by atoms with Crippen LogP contribution in [0.1, 0.15) is 53.4 Å². The van der Waals surface area contributed by atoms with Gasteiger partial charge < -0.3 is 18.9 Å². The fourth-order valence-corrected chi connectivity index (χ4v) is 5.34. The summed E-state index contributed by atoms with van der Waals surface area (Å²) in [7, 11) is 0. The summed E-state index contributed by atoms with van der Waals surface area (Å²) < 4.78 is 20.6. The van der Waals surface area contributed by atoms with Crippen LogP contribution >= 0.6 is 0 Å². The van der Waals surface area contributed by atoms with E-state index in [-0.39, 0.29) is 50.1 Å². The monoisotopic (exact) mass is 426 g/mol. The molecule has 8 nitrogen and oxygen atoms in total. The first kappa shape index (κ1) is 24.2. The normalized spacial score (nSPS) is 25.1. The smallest absolute Gasteiger partial charge is 0.320 e. The van der Waals surface area contributed by atoms with Crippen molar-refractivity contribution in [1.82, 2.24) is 0 Å². The molecule has 0 bridgehead atoms. The number of hydrogen-bond donors (Lipinski definition) is 0. The van der Waals surface area contributed by atoms with E-state index >= 15 is 0 Å². The van der Waals surface area contributed by atoms with E-state index in [1.807, 2.05) is 0 Å². The third-order valence-electron chi connectivity index (χ3n) is 6.33. The van der Waals surface area contributed by atoms with Crippen LogP contribution in [0.4, 0.5) is 0 Å². The maximum Gasteiger partial charge on any atom is 0.320 e. The molecule has 0 aromatic carbocycles. The molecule has 0 amide bonds. The number of carbonyl (C=O) groups excluding carboxylic acids is 4. The fourth-order valence-electron chi connectivity index (χ4n) is 5.34. The molecule has 2 aliphatic carbocycles. The van der Waals surface area contributed by atoms with Gasteiger partial charge in [0.15, 0.2) is 11.8 Å². The van der Waals surface area contributed by atoms with Crippen LogP contribution in [0.25, 0.3) is 0 Å². The fraction of sp³-hybridized carbons (Fsp3) is 0.818. The molecule has 0 aromatic heterocycles. The summed E-state index contributed by atoms with van der Waals surface area (Å²) in [6, 6.07) is 0. The van der Waals surface area contributed by atoms with Crippen LogP contribution in [-0.2, 0) is 38.1 Å². The maximum absolute atomic E-state index is 12.6. The highest BCUT2D eigenvalue weighted by atomic mass is 16.6. The van der Waals surface area contributed by atoms with Crippen LogP contribution in [0.2, 0.25) is 0 Å². The van der Waals surface area contributed by atoms with Crippen molar-refractivity contribution in [2.24, 2.45) is 35.5 Å². The Morgan fingerprint density at radius 1 is 0.567 bits per heavy atom. The molecule has 170 valence electrons. The van der Waals surface area contributed by atoms with Gasteiger partial charge in [0, 0.05) is 0 Å². The SMILES string of the molecule is CCOC(=O)C(C(=O)OCC)C1CCC2C(C(C(=O)OCC)C(=O)OCC)CCC12. The third-order valence-corrected chi connectivity index (χ3v) is 6.33. The Labute approximate surface area is 177 Å². The molecule has 0 aromatic rings. The number of esters is 4. The molecule has 4 unspecified atom stereocenters. The summed E-state index contributed by atoms with van der Waals surface area (Å²) in [6.45, 7) is 7.55. The second-order valence-corrected chi connectivity index (χ2v) is 7.77. The van der Waals surface area contributed by atoms with E-state index < -0.39 is 35.7 Å². The van der Waals surface area contributed by atoms with Gasteiger partial charge in [-0.1, -0.05) is 0 Å². The van der Waals surface area contributed by atoms with Gasteiger partial charge in [0.2, 0.25) is 0 Å². The summed E-state index contributed by atoms with van der Waals surface area (Å²) >= 11 is 0. The highest BCUT2D eigenvalue weighted by molar-refractivity contribution is 5.96. The quantitative estimate of drug-likeness (QED) is 0.298. The van der Waals surface area contributed by atoms with Crippen molar-refractivity contribution in [3.63, 3.8) is 0 Å². The van der Waals surface area contributed by atoms with Gasteiger partial charge in [-0.05, 0) is 77.0 Å². The number of ether oxygens (including phenoxy) is 4. The van der Waals surface area contributed by atoms with E-state index in [2.05, 4.69) is 0 Å². The molecule has 0 saturated heterocycles. The summed E-state index contributed by atoms with van der Waals surface area (Å²) in [5.41, 5.74) is 0. The average molecular weight is 427 g/mol. The number of carbonyl (C=O) groups is 4. The molecule has 2 aliphatic rings. The first-order valence-corrected chi connectivity index (χ1v) is 11.1. The lowest BCUT2D eigenvalue weighted by Gasteiger charge is -2.27. The van der Waals surface area contributed by atoms with Gasteiger partial charge in [0.25, 0.3) is 0 Å². The van der Waals surface area contributed by atoms with Gasteiger partial charge in [0.05, 0.1) is 26.4 Å². The first-order valence-electron chi connectivity index (χ1n) is 11.1. The van der Waals surface area contributed by atoms with Crippen LogP contribution in [0.5, 0.6) is 0 Å². The molecule has 4 atom stereocenters. The van der Waals surface area contributed by atoms with E-state index in [0.717, 1.165) is 12.8 Å². The van der Waals surface area contributed by atoms with Gasteiger partial charge in [-0.2, -0.15) is 0 Å². The molecule has 0 aliphatic heterocycles. The minimum absolute atomic E-state index is 0.0418. The Kier molecular flexibility index (Phi) is 9.11. The van der Waals surface area contributed by atoms with Crippen molar-refractivity contribution < 1.29 is 38.1 Å². The van der Waals surface area contributed by atoms with Crippen molar-refractivity contribution in [3.05, 3.63) is 0 Å². The van der Waals surface area contributed by atoms with E-state index in [0.29, 0.717) is 12.8 Å². The lowest BCUT2D eigenvalue weighted by Crippen LogP contribution is -2.38. The molecule has 2 rings (SSSR count). The average Bonchev–Trinajstić information content (AvgIpc) is 3.27. The van der Waals surface area contributed by atoms with E-state index in [1.54, 1.807) is 27.7 Å². The Morgan fingerprint density at radius 2 is 0.833 bits per heavy atom. The maximum atomic E-state index is 12.6. The molecule has 0 radical (unpaired) electrons. The summed E-state index contributed by atoms with van der Waals surface area (Å²) in [6.07, 6.45) is 2.74. The molecule has 8 heteroatoms. The number of hydrogen-bond acceptors (Lipinski definition) is 8. The molecule has 30 heavy (non-hydrogen) atoms. The van der Waals surface area contributed by atoms with E-state index in [4.69, 9.17) is 18.9 Å². The van der Waals surface area contributed by atoms with Gasteiger partial charge in [-0.3, -0.25) is 19.2 Å². The first-order chi connectivity index (χ1) is 14.4. The largest absolute Gasteiger partial charge is 0.465 e. The van der Waals surface area contributed by atoms with Crippen LogP contribution < -0.4 is 0 Å². The topological polar surface area (TPSA) is 105 Å².